The summed E-state index contributed by atoms with van der Waals surface area (Å²) in [4.78, 5) is 10.6. The number of nitrogens with one attached hydrogen (secondary N) is 1. The summed E-state index contributed by atoms with van der Waals surface area (Å²) in [5.74, 6) is 2.23. The molecule has 0 amide bonds. The number of rotatable bonds is 9. The summed E-state index contributed by atoms with van der Waals surface area (Å²) >= 11 is 0. The first-order valence-electron chi connectivity index (χ1n) is 7.49. The van der Waals surface area contributed by atoms with Crippen LogP contribution in [0.25, 0.3) is 0 Å². The number of nitrogens with zero attached hydrogens (tertiary/aromatic N) is 4. The smallest absolute Gasteiger partial charge is 0.228 e. The molecule has 0 aliphatic carbocycles. The first-order valence-corrected chi connectivity index (χ1v) is 7.49. The molecule has 0 aliphatic heterocycles. The van der Waals surface area contributed by atoms with Crippen LogP contribution in [0.2, 0.25) is 0 Å². The van der Waals surface area contributed by atoms with Crippen LogP contribution >= 0.6 is 24.0 Å². The van der Waals surface area contributed by atoms with Gasteiger partial charge in [0.2, 0.25) is 5.89 Å². The fraction of sp³-hybridized carbons (Fsp3) is 0.667. The monoisotopic (exact) mass is 421 g/mol. The van der Waals surface area contributed by atoms with Gasteiger partial charge in [-0.05, 0) is 26.2 Å². The Hall–Kier alpha value is -1.12. The average molecular weight is 421 g/mol. The number of aryl methyl sites for hydroxylation is 1. The second kappa shape index (κ2) is 12.4. The van der Waals surface area contributed by atoms with E-state index in [0.717, 1.165) is 31.9 Å². The van der Waals surface area contributed by atoms with Crippen molar-refractivity contribution in [2.75, 3.05) is 27.2 Å². The fourth-order valence-electron chi connectivity index (χ4n) is 2.03. The summed E-state index contributed by atoms with van der Waals surface area (Å²) in [6.45, 7) is 7.29. The van der Waals surface area contributed by atoms with Gasteiger partial charge in [0.15, 0.2) is 11.8 Å². The van der Waals surface area contributed by atoms with E-state index in [1.807, 2.05) is 13.0 Å². The van der Waals surface area contributed by atoms with Gasteiger partial charge >= 0.3 is 0 Å². The van der Waals surface area contributed by atoms with Crippen molar-refractivity contribution in [1.82, 2.24) is 20.4 Å². The van der Waals surface area contributed by atoms with E-state index >= 15 is 0 Å². The quantitative estimate of drug-likeness (QED) is 0.218. The lowest BCUT2D eigenvalue weighted by Crippen LogP contribution is -2.40. The van der Waals surface area contributed by atoms with Gasteiger partial charge in [0.05, 0.1) is 0 Å². The van der Waals surface area contributed by atoms with Crippen LogP contribution in [0.4, 0.5) is 0 Å². The number of halogens is 1. The second-order valence-corrected chi connectivity index (χ2v) is 5.02. The number of aromatic nitrogens is 2. The molecular weight excluding hydrogens is 393 g/mol. The summed E-state index contributed by atoms with van der Waals surface area (Å²) in [7, 11) is 3.85. The third kappa shape index (κ3) is 8.35. The van der Waals surface area contributed by atoms with Gasteiger partial charge in [-0.2, -0.15) is 4.98 Å². The molecule has 126 valence electrons. The third-order valence-electron chi connectivity index (χ3n) is 3.17. The molecule has 1 heterocycles. The molecule has 0 atom stereocenters. The molecule has 0 unspecified atom stereocenters. The molecule has 1 aromatic rings. The highest BCUT2D eigenvalue weighted by Gasteiger charge is 2.06. The number of guanidine groups is 1. The van der Waals surface area contributed by atoms with E-state index in [4.69, 9.17) is 4.52 Å². The maximum Gasteiger partial charge on any atom is 0.228 e. The van der Waals surface area contributed by atoms with Gasteiger partial charge in [-0.25, -0.2) is 0 Å². The minimum absolute atomic E-state index is 0. The van der Waals surface area contributed by atoms with E-state index in [0.29, 0.717) is 18.1 Å². The zero-order valence-corrected chi connectivity index (χ0v) is 16.2. The van der Waals surface area contributed by atoms with Crippen molar-refractivity contribution in [3.8, 4) is 0 Å². The van der Waals surface area contributed by atoms with Crippen molar-refractivity contribution in [2.24, 2.45) is 4.99 Å². The van der Waals surface area contributed by atoms with Crippen molar-refractivity contribution >= 4 is 29.9 Å². The molecule has 0 aliphatic rings. The summed E-state index contributed by atoms with van der Waals surface area (Å²) in [6.07, 6.45) is 7.36. The van der Waals surface area contributed by atoms with Gasteiger partial charge in [-0.3, -0.25) is 4.99 Å². The van der Waals surface area contributed by atoms with E-state index in [1.165, 1.54) is 12.8 Å². The van der Waals surface area contributed by atoms with Crippen LogP contribution < -0.4 is 5.32 Å². The standard InChI is InChI=1S/C15H27N5O.HI/c1-5-6-7-8-9-12-20(4)15(16-3)17-11-10-14-18-13(2)19-21-14;/h5H,1,6-12H2,2-4H3,(H,16,17);1H. The van der Waals surface area contributed by atoms with E-state index in [1.54, 1.807) is 7.05 Å². The van der Waals surface area contributed by atoms with Crippen molar-refractivity contribution in [1.29, 1.82) is 0 Å². The minimum Gasteiger partial charge on any atom is -0.356 e. The molecular formula is C15H28IN5O. The number of hydrogen-bond donors (Lipinski definition) is 1. The highest BCUT2D eigenvalue weighted by Crippen LogP contribution is 2.02. The predicted octanol–water partition coefficient (Wildman–Crippen LogP) is 2.79. The van der Waals surface area contributed by atoms with Crippen molar-refractivity contribution < 1.29 is 4.52 Å². The topological polar surface area (TPSA) is 66.5 Å². The van der Waals surface area contributed by atoms with E-state index in [2.05, 4.69) is 39.0 Å². The van der Waals surface area contributed by atoms with Crippen molar-refractivity contribution in [3.05, 3.63) is 24.4 Å². The number of allylic oxidation sites excluding steroid dienone is 1. The third-order valence-corrected chi connectivity index (χ3v) is 3.17. The molecule has 1 rings (SSSR count). The predicted molar refractivity (Wildman–Crippen MR) is 101 cm³/mol. The van der Waals surface area contributed by atoms with Crippen molar-refractivity contribution in [2.45, 2.75) is 39.0 Å². The lowest BCUT2D eigenvalue weighted by molar-refractivity contribution is 0.373. The number of aliphatic imine (C=N–C) groups is 1. The first-order chi connectivity index (χ1) is 10.2. The Morgan fingerprint density at radius 2 is 2.18 bits per heavy atom. The summed E-state index contributed by atoms with van der Waals surface area (Å²) in [5, 5.41) is 7.08. The normalized spacial score (nSPS) is 11.0. The van der Waals surface area contributed by atoms with Crippen LogP contribution in [0.3, 0.4) is 0 Å². The molecule has 0 saturated heterocycles. The zero-order valence-electron chi connectivity index (χ0n) is 13.8. The van der Waals surface area contributed by atoms with Gasteiger partial charge in [-0.15, -0.1) is 30.6 Å². The average Bonchev–Trinajstić information content (AvgIpc) is 2.88. The summed E-state index contributed by atoms with van der Waals surface area (Å²) in [6, 6.07) is 0. The highest BCUT2D eigenvalue weighted by atomic mass is 127. The molecule has 22 heavy (non-hydrogen) atoms. The lowest BCUT2D eigenvalue weighted by Gasteiger charge is -2.21. The molecule has 1 N–H and O–H groups in total. The molecule has 0 saturated carbocycles. The van der Waals surface area contributed by atoms with Crippen LogP contribution in [0.1, 0.15) is 37.4 Å². The molecule has 1 aromatic heterocycles. The van der Waals surface area contributed by atoms with Crippen molar-refractivity contribution in [3.63, 3.8) is 0 Å². The molecule has 0 spiro atoms. The molecule has 0 bridgehead atoms. The van der Waals surface area contributed by atoms with Crippen LogP contribution in [0.15, 0.2) is 22.2 Å². The second-order valence-electron chi connectivity index (χ2n) is 5.02. The van der Waals surface area contributed by atoms with E-state index < -0.39 is 0 Å². The van der Waals surface area contributed by atoms with Crippen LogP contribution in [0.5, 0.6) is 0 Å². The Morgan fingerprint density at radius 1 is 1.41 bits per heavy atom. The van der Waals surface area contributed by atoms with E-state index in [9.17, 15) is 0 Å². The fourth-order valence-corrected chi connectivity index (χ4v) is 2.03. The zero-order chi connectivity index (χ0) is 15.5. The van der Waals surface area contributed by atoms with E-state index in [-0.39, 0.29) is 24.0 Å². The lowest BCUT2D eigenvalue weighted by atomic mass is 10.2. The van der Waals surface area contributed by atoms with Gasteiger partial charge in [-0.1, -0.05) is 17.7 Å². The molecule has 0 radical (unpaired) electrons. The largest absolute Gasteiger partial charge is 0.356 e. The number of unbranched alkanes of at least 4 members (excludes halogenated alkanes) is 3. The molecule has 7 heteroatoms. The Kier molecular flexibility index (Phi) is 11.8. The van der Waals surface area contributed by atoms with Gasteiger partial charge in [0.25, 0.3) is 0 Å². The van der Waals surface area contributed by atoms with Crippen LogP contribution in [-0.4, -0.2) is 48.2 Å². The summed E-state index contributed by atoms with van der Waals surface area (Å²) < 4.78 is 5.08. The molecule has 6 nitrogen and oxygen atoms in total. The Bertz CT molecular complexity index is 447. The van der Waals surface area contributed by atoms with Gasteiger partial charge in [0.1, 0.15) is 0 Å². The molecule has 0 fully saturated rings. The van der Waals surface area contributed by atoms with Crippen LogP contribution in [-0.2, 0) is 6.42 Å². The maximum absolute atomic E-state index is 5.08. The SMILES string of the molecule is C=CCCCCCN(C)C(=NC)NCCc1nc(C)no1.I. The Balaban J connectivity index is 0.00000441. The Labute approximate surface area is 150 Å². The molecule has 0 aromatic carbocycles. The number of hydrogen-bond acceptors (Lipinski definition) is 4. The van der Waals surface area contributed by atoms with Gasteiger partial charge < -0.3 is 14.7 Å². The summed E-state index contributed by atoms with van der Waals surface area (Å²) in [5.41, 5.74) is 0. The highest BCUT2D eigenvalue weighted by molar-refractivity contribution is 14.0. The minimum atomic E-state index is 0. The maximum atomic E-state index is 5.08. The van der Waals surface area contributed by atoms with Crippen LogP contribution in [0, 0.1) is 6.92 Å². The first kappa shape index (κ1) is 20.9. The van der Waals surface area contributed by atoms with Gasteiger partial charge in [0, 0.05) is 33.6 Å². The Morgan fingerprint density at radius 3 is 2.77 bits per heavy atom.